The van der Waals surface area contributed by atoms with E-state index in [1.54, 1.807) is 0 Å². The number of carbonyl (C=O) groups is 1. The first-order valence-corrected chi connectivity index (χ1v) is 5.12. The van der Waals surface area contributed by atoms with Crippen molar-refractivity contribution in [3.8, 4) is 0 Å². The number of Topliss-reactive ketones (excluding diaryl/α,β-unsaturated/α-hetero) is 1. The van der Waals surface area contributed by atoms with Gasteiger partial charge in [-0.25, -0.2) is 0 Å². The van der Waals surface area contributed by atoms with Gasteiger partial charge in [-0.1, -0.05) is 15.9 Å². The summed E-state index contributed by atoms with van der Waals surface area (Å²) in [6, 6.07) is 2.30. The van der Waals surface area contributed by atoms with Crippen LogP contribution in [-0.4, -0.2) is 5.78 Å². The minimum absolute atomic E-state index is 0.127. The van der Waals surface area contributed by atoms with Gasteiger partial charge in [0.2, 0.25) is 0 Å². The van der Waals surface area contributed by atoms with Crippen molar-refractivity contribution in [2.45, 2.75) is 19.0 Å². The summed E-state index contributed by atoms with van der Waals surface area (Å²) in [5.74, 6) is -0.219. The second-order valence-electron chi connectivity index (χ2n) is 3.37. The van der Waals surface area contributed by atoms with Gasteiger partial charge in [0.1, 0.15) is 0 Å². The molecule has 5 heteroatoms. The quantitative estimate of drug-likeness (QED) is 0.709. The number of fused-ring (bicyclic) bond motifs is 1. The van der Waals surface area contributed by atoms with Crippen LogP contribution in [0.3, 0.4) is 0 Å². The molecule has 15 heavy (non-hydrogen) atoms. The molecule has 0 heterocycles. The van der Waals surface area contributed by atoms with E-state index in [2.05, 4.69) is 15.9 Å². The summed E-state index contributed by atoms with van der Waals surface area (Å²) in [6.07, 6.45) is -4.03. The number of alkyl halides is 3. The zero-order valence-electron chi connectivity index (χ0n) is 7.49. The molecule has 2 rings (SSSR count). The third-order valence-electron chi connectivity index (χ3n) is 2.45. The van der Waals surface area contributed by atoms with Crippen molar-refractivity contribution in [3.63, 3.8) is 0 Å². The molecule has 0 fully saturated rings. The predicted octanol–water partition coefficient (Wildman–Crippen LogP) is 3.60. The molecule has 0 bridgehead atoms. The fraction of sp³-hybridized carbons (Fsp3) is 0.300. The van der Waals surface area contributed by atoms with Gasteiger partial charge in [0.15, 0.2) is 5.78 Å². The Hall–Kier alpha value is -0.840. The molecule has 0 saturated carbocycles. The van der Waals surface area contributed by atoms with E-state index in [4.69, 9.17) is 0 Å². The summed E-state index contributed by atoms with van der Waals surface area (Å²) in [6.45, 7) is 0. The Morgan fingerprint density at radius 2 is 1.87 bits per heavy atom. The fourth-order valence-electron chi connectivity index (χ4n) is 1.81. The van der Waals surface area contributed by atoms with E-state index in [1.807, 2.05) is 0 Å². The average molecular weight is 279 g/mol. The Labute approximate surface area is 92.4 Å². The van der Waals surface area contributed by atoms with Gasteiger partial charge in [0.25, 0.3) is 0 Å². The van der Waals surface area contributed by atoms with Crippen LogP contribution in [0.25, 0.3) is 0 Å². The number of benzene rings is 1. The molecule has 1 aromatic rings. The van der Waals surface area contributed by atoms with Gasteiger partial charge >= 0.3 is 6.18 Å². The number of hydrogen-bond donors (Lipinski definition) is 0. The molecule has 0 aliphatic heterocycles. The van der Waals surface area contributed by atoms with E-state index in [0.29, 0.717) is 4.47 Å². The van der Waals surface area contributed by atoms with Gasteiger partial charge in [0, 0.05) is 16.5 Å². The van der Waals surface area contributed by atoms with Gasteiger partial charge in [-0.3, -0.25) is 4.79 Å². The molecule has 1 nitrogen and oxygen atoms in total. The smallest absolute Gasteiger partial charge is 0.294 e. The molecule has 0 radical (unpaired) electrons. The van der Waals surface area contributed by atoms with E-state index in [0.717, 1.165) is 6.07 Å². The first-order chi connectivity index (χ1) is 6.91. The molecular formula is C10H6BrF3O. The van der Waals surface area contributed by atoms with Crippen molar-refractivity contribution in [3.05, 3.63) is 33.3 Å². The highest BCUT2D eigenvalue weighted by molar-refractivity contribution is 9.10. The van der Waals surface area contributed by atoms with E-state index in [1.165, 1.54) is 6.07 Å². The van der Waals surface area contributed by atoms with E-state index >= 15 is 0 Å². The summed E-state index contributed by atoms with van der Waals surface area (Å²) in [4.78, 5) is 11.4. The van der Waals surface area contributed by atoms with Crippen LogP contribution in [-0.2, 0) is 12.6 Å². The van der Waals surface area contributed by atoms with Crippen LogP contribution in [0.1, 0.15) is 27.9 Å². The van der Waals surface area contributed by atoms with Crippen LogP contribution < -0.4 is 0 Å². The SMILES string of the molecule is O=C1CCc2c(C(F)(F)F)ccc(Br)c21. The summed E-state index contributed by atoms with van der Waals surface area (Å²) in [7, 11) is 0. The van der Waals surface area contributed by atoms with Gasteiger partial charge in [-0.2, -0.15) is 13.2 Å². The van der Waals surface area contributed by atoms with Crippen LogP contribution in [0.2, 0.25) is 0 Å². The lowest BCUT2D eigenvalue weighted by atomic mass is 10.0. The monoisotopic (exact) mass is 278 g/mol. The molecular weight excluding hydrogens is 273 g/mol. The van der Waals surface area contributed by atoms with Gasteiger partial charge in [0.05, 0.1) is 5.56 Å². The second kappa shape index (κ2) is 3.33. The topological polar surface area (TPSA) is 17.1 Å². The second-order valence-corrected chi connectivity index (χ2v) is 4.22. The van der Waals surface area contributed by atoms with Crippen LogP contribution in [0.5, 0.6) is 0 Å². The van der Waals surface area contributed by atoms with Crippen molar-refractivity contribution in [2.75, 3.05) is 0 Å². The van der Waals surface area contributed by atoms with Crippen molar-refractivity contribution < 1.29 is 18.0 Å². The lowest BCUT2D eigenvalue weighted by Crippen LogP contribution is -2.09. The van der Waals surface area contributed by atoms with Crippen LogP contribution in [0, 0.1) is 0 Å². The van der Waals surface area contributed by atoms with E-state index < -0.39 is 11.7 Å². The van der Waals surface area contributed by atoms with Gasteiger partial charge in [-0.05, 0) is 24.1 Å². The molecule has 0 aromatic heterocycles. The summed E-state index contributed by atoms with van der Waals surface area (Å²) >= 11 is 3.10. The van der Waals surface area contributed by atoms with Crippen molar-refractivity contribution >= 4 is 21.7 Å². The molecule has 0 N–H and O–H groups in total. The average Bonchev–Trinajstić information content (AvgIpc) is 2.47. The molecule has 1 aliphatic carbocycles. The van der Waals surface area contributed by atoms with Crippen LogP contribution >= 0.6 is 15.9 Å². The molecule has 0 atom stereocenters. The Balaban J connectivity index is 2.68. The minimum atomic E-state index is -4.38. The standard InChI is InChI=1S/C10H6BrF3O/c11-7-3-2-6(10(12,13)14)5-1-4-8(15)9(5)7/h2-3H,1,4H2. The molecule has 0 saturated heterocycles. The Bertz CT molecular complexity index is 437. The Morgan fingerprint density at radius 1 is 1.20 bits per heavy atom. The summed E-state index contributed by atoms with van der Waals surface area (Å²) < 4.78 is 38.2. The highest BCUT2D eigenvalue weighted by Gasteiger charge is 2.37. The molecule has 0 spiro atoms. The van der Waals surface area contributed by atoms with E-state index in [9.17, 15) is 18.0 Å². The lowest BCUT2D eigenvalue weighted by Gasteiger charge is -2.12. The summed E-state index contributed by atoms with van der Waals surface area (Å²) in [5.41, 5.74) is -0.363. The van der Waals surface area contributed by atoms with Crippen molar-refractivity contribution in [1.82, 2.24) is 0 Å². The first-order valence-electron chi connectivity index (χ1n) is 4.33. The largest absolute Gasteiger partial charge is 0.416 e. The third kappa shape index (κ3) is 1.69. The Kier molecular flexibility index (Phi) is 2.37. The normalized spacial score (nSPS) is 15.6. The molecule has 80 valence electrons. The highest BCUT2D eigenvalue weighted by Crippen LogP contribution is 2.39. The summed E-state index contributed by atoms with van der Waals surface area (Å²) in [5, 5.41) is 0. The maximum absolute atomic E-state index is 12.6. The van der Waals surface area contributed by atoms with Crippen LogP contribution in [0.4, 0.5) is 13.2 Å². The number of hydrogen-bond acceptors (Lipinski definition) is 1. The molecule has 1 aromatic carbocycles. The molecule has 0 amide bonds. The predicted molar refractivity (Wildman–Crippen MR) is 51.8 cm³/mol. The highest BCUT2D eigenvalue weighted by atomic mass is 79.9. The number of carbonyl (C=O) groups excluding carboxylic acids is 1. The van der Waals surface area contributed by atoms with Gasteiger partial charge < -0.3 is 0 Å². The number of rotatable bonds is 0. The minimum Gasteiger partial charge on any atom is -0.294 e. The van der Waals surface area contributed by atoms with Gasteiger partial charge in [-0.15, -0.1) is 0 Å². The van der Waals surface area contributed by atoms with Crippen molar-refractivity contribution in [1.29, 1.82) is 0 Å². The molecule has 1 aliphatic rings. The maximum atomic E-state index is 12.6. The van der Waals surface area contributed by atoms with E-state index in [-0.39, 0.29) is 29.8 Å². The van der Waals surface area contributed by atoms with Crippen molar-refractivity contribution in [2.24, 2.45) is 0 Å². The third-order valence-corrected chi connectivity index (χ3v) is 3.11. The molecule has 0 unspecified atom stereocenters. The first kappa shape index (κ1) is 10.7. The lowest BCUT2D eigenvalue weighted by molar-refractivity contribution is -0.138. The number of ketones is 1. The fourth-order valence-corrected chi connectivity index (χ4v) is 2.40. The zero-order chi connectivity index (χ0) is 11.2. The van der Waals surface area contributed by atoms with Crippen LogP contribution in [0.15, 0.2) is 16.6 Å². The number of halogens is 4. The zero-order valence-corrected chi connectivity index (χ0v) is 9.08. The Morgan fingerprint density at radius 3 is 2.47 bits per heavy atom. The maximum Gasteiger partial charge on any atom is 0.416 e.